The average molecular weight is 313 g/mol. The largest absolute Gasteiger partial charge is 0.492 e. The highest BCUT2D eigenvalue weighted by molar-refractivity contribution is 7.89. The van der Waals surface area contributed by atoms with Gasteiger partial charge in [0.15, 0.2) is 0 Å². The lowest BCUT2D eigenvalue weighted by Gasteiger charge is -2.29. The number of likely N-dealkylation sites (tertiary alicyclic amines) is 1. The Morgan fingerprint density at radius 2 is 2.10 bits per heavy atom. The van der Waals surface area contributed by atoms with E-state index in [1.54, 1.807) is 24.3 Å². The van der Waals surface area contributed by atoms with Crippen LogP contribution in [0, 0.1) is 0 Å². The molecule has 1 fully saturated rings. The van der Waals surface area contributed by atoms with Crippen molar-refractivity contribution in [1.29, 1.82) is 0 Å². The summed E-state index contributed by atoms with van der Waals surface area (Å²) in [5, 5.41) is 0. The number of rotatable bonds is 6. The first-order valence-corrected chi connectivity index (χ1v) is 8.77. The van der Waals surface area contributed by atoms with Crippen molar-refractivity contribution in [3.63, 3.8) is 0 Å². The maximum atomic E-state index is 12.0. The van der Waals surface area contributed by atoms with Crippen LogP contribution in [0.1, 0.15) is 12.8 Å². The number of nitrogens with zero attached hydrogens (tertiary/aromatic N) is 1. The van der Waals surface area contributed by atoms with Crippen LogP contribution in [-0.2, 0) is 10.0 Å². The third-order valence-corrected chi connectivity index (χ3v) is 4.94. The summed E-state index contributed by atoms with van der Waals surface area (Å²) in [5.74, 6) is 0.540. The van der Waals surface area contributed by atoms with Gasteiger partial charge in [-0.1, -0.05) is 6.07 Å². The second kappa shape index (κ2) is 7.11. The van der Waals surface area contributed by atoms with Crippen LogP contribution in [0.4, 0.5) is 5.69 Å². The summed E-state index contributed by atoms with van der Waals surface area (Å²) in [6.07, 6.45) is 1.71. The highest BCUT2D eigenvalue weighted by Crippen LogP contribution is 2.14. The Morgan fingerprint density at radius 1 is 1.38 bits per heavy atom. The van der Waals surface area contributed by atoms with E-state index in [-0.39, 0.29) is 18.4 Å². The van der Waals surface area contributed by atoms with Crippen molar-refractivity contribution >= 4 is 15.7 Å². The SMILES string of the molecule is CN1CCC(NS(=O)(=O)CCOc2cccc(N)c2)CC1. The number of sulfonamides is 1. The third-order valence-electron chi connectivity index (χ3n) is 3.54. The minimum Gasteiger partial charge on any atom is -0.492 e. The first-order valence-electron chi connectivity index (χ1n) is 7.11. The highest BCUT2D eigenvalue weighted by atomic mass is 32.2. The summed E-state index contributed by atoms with van der Waals surface area (Å²) >= 11 is 0. The van der Waals surface area contributed by atoms with Crippen molar-refractivity contribution in [2.75, 3.05) is 38.2 Å². The van der Waals surface area contributed by atoms with E-state index in [1.807, 2.05) is 7.05 Å². The molecule has 21 heavy (non-hydrogen) atoms. The fraction of sp³-hybridized carbons (Fsp3) is 0.571. The molecule has 0 aromatic heterocycles. The van der Waals surface area contributed by atoms with E-state index >= 15 is 0 Å². The molecular formula is C14H23N3O3S. The van der Waals surface area contributed by atoms with Crippen molar-refractivity contribution < 1.29 is 13.2 Å². The smallest absolute Gasteiger partial charge is 0.215 e. The number of hydrogen-bond donors (Lipinski definition) is 2. The van der Waals surface area contributed by atoms with E-state index in [9.17, 15) is 8.42 Å². The van der Waals surface area contributed by atoms with E-state index in [1.165, 1.54) is 0 Å². The van der Waals surface area contributed by atoms with Crippen molar-refractivity contribution in [3.8, 4) is 5.75 Å². The summed E-state index contributed by atoms with van der Waals surface area (Å²) in [7, 11) is -1.26. The molecular weight excluding hydrogens is 290 g/mol. The number of anilines is 1. The van der Waals surface area contributed by atoms with E-state index in [0.717, 1.165) is 25.9 Å². The number of nitrogen functional groups attached to an aromatic ring is 1. The lowest BCUT2D eigenvalue weighted by Crippen LogP contribution is -2.44. The van der Waals surface area contributed by atoms with Crippen LogP contribution in [0.3, 0.4) is 0 Å². The fourth-order valence-corrected chi connectivity index (χ4v) is 3.48. The Hall–Kier alpha value is -1.31. The van der Waals surface area contributed by atoms with Gasteiger partial charge in [-0.3, -0.25) is 0 Å². The normalized spacial score (nSPS) is 17.8. The van der Waals surface area contributed by atoms with E-state index in [2.05, 4.69) is 9.62 Å². The topological polar surface area (TPSA) is 84.7 Å². The highest BCUT2D eigenvalue weighted by Gasteiger charge is 2.21. The Balaban J connectivity index is 1.76. The lowest BCUT2D eigenvalue weighted by molar-refractivity contribution is 0.247. The molecule has 0 radical (unpaired) electrons. The lowest BCUT2D eigenvalue weighted by atomic mass is 10.1. The molecule has 0 amide bonds. The molecule has 0 atom stereocenters. The third kappa shape index (κ3) is 5.53. The monoisotopic (exact) mass is 313 g/mol. The standard InChI is InChI=1S/C14H23N3O3S/c1-17-7-5-13(6-8-17)16-21(18,19)10-9-20-14-4-2-3-12(15)11-14/h2-4,11,13,16H,5-10,15H2,1H3. The van der Waals surface area contributed by atoms with Crippen molar-refractivity contribution in [2.24, 2.45) is 0 Å². The number of ether oxygens (including phenoxy) is 1. The summed E-state index contributed by atoms with van der Waals surface area (Å²) in [6.45, 7) is 1.96. The molecule has 1 heterocycles. The molecule has 1 aromatic rings. The van der Waals surface area contributed by atoms with Gasteiger partial charge in [0.1, 0.15) is 12.4 Å². The maximum Gasteiger partial charge on any atom is 0.215 e. The van der Waals surface area contributed by atoms with Gasteiger partial charge in [-0.25, -0.2) is 13.1 Å². The van der Waals surface area contributed by atoms with Gasteiger partial charge in [0.2, 0.25) is 10.0 Å². The minimum atomic E-state index is -3.30. The van der Waals surface area contributed by atoms with Crippen LogP contribution in [0.25, 0.3) is 0 Å². The second-order valence-corrected chi connectivity index (χ2v) is 7.31. The molecule has 2 rings (SSSR count). The molecule has 0 spiro atoms. The first-order chi connectivity index (χ1) is 9.94. The summed E-state index contributed by atoms with van der Waals surface area (Å²) < 4.78 is 32.2. The molecule has 0 unspecified atom stereocenters. The van der Waals surface area contributed by atoms with E-state index < -0.39 is 10.0 Å². The summed E-state index contributed by atoms with van der Waals surface area (Å²) in [4.78, 5) is 2.20. The van der Waals surface area contributed by atoms with Crippen molar-refractivity contribution in [2.45, 2.75) is 18.9 Å². The van der Waals surface area contributed by atoms with Gasteiger partial charge < -0.3 is 15.4 Å². The molecule has 118 valence electrons. The van der Waals surface area contributed by atoms with Gasteiger partial charge in [-0.2, -0.15) is 0 Å². The quantitative estimate of drug-likeness (QED) is 0.754. The maximum absolute atomic E-state index is 12.0. The van der Waals surface area contributed by atoms with E-state index in [4.69, 9.17) is 10.5 Å². The minimum absolute atomic E-state index is 0.0403. The Labute approximate surface area is 126 Å². The van der Waals surface area contributed by atoms with Gasteiger partial charge in [-0.15, -0.1) is 0 Å². The van der Waals surface area contributed by atoms with Crippen LogP contribution >= 0.6 is 0 Å². The van der Waals surface area contributed by atoms with Crippen LogP contribution in [-0.4, -0.2) is 51.9 Å². The molecule has 6 nitrogen and oxygen atoms in total. The number of hydrogen-bond acceptors (Lipinski definition) is 5. The van der Waals surface area contributed by atoms with Gasteiger partial charge in [0.05, 0.1) is 5.75 Å². The van der Waals surface area contributed by atoms with Crippen LogP contribution < -0.4 is 15.2 Å². The Morgan fingerprint density at radius 3 is 2.76 bits per heavy atom. The second-order valence-electron chi connectivity index (χ2n) is 5.44. The van der Waals surface area contributed by atoms with Gasteiger partial charge in [-0.05, 0) is 45.1 Å². The zero-order valence-electron chi connectivity index (χ0n) is 12.3. The molecule has 0 aliphatic carbocycles. The van der Waals surface area contributed by atoms with Gasteiger partial charge in [0.25, 0.3) is 0 Å². The average Bonchev–Trinajstić information content (AvgIpc) is 2.41. The van der Waals surface area contributed by atoms with Gasteiger partial charge >= 0.3 is 0 Å². The molecule has 0 saturated carbocycles. The number of nitrogens with two attached hydrogens (primary N) is 1. The zero-order valence-corrected chi connectivity index (χ0v) is 13.1. The Kier molecular flexibility index (Phi) is 5.44. The fourth-order valence-electron chi connectivity index (χ4n) is 2.31. The summed E-state index contributed by atoms with van der Waals surface area (Å²) in [6, 6.07) is 7.00. The van der Waals surface area contributed by atoms with Crippen LogP contribution in [0.2, 0.25) is 0 Å². The molecule has 3 N–H and O–H groups in total. The molecule has 1 aromatic carbocycles. The van der Waals surface area contributed by atoms with Crippen molar-refractivity contribution in [3.05, 3.63) is 24.3 Å². The predicted octanol–water partition coefficient (Wildman–Crippen LogP) is 0.661. The van der Waals surface area contributed by atoms with Crippen LogP contribution in [0.5, 0.6) is 5.75 Å². The number of piperidine rings is 1. The molecule has 1 aliphatic rings. The molecule has 1 saturated heterocycles. The van der Waals surface area contributed by atoms with Crippen molar-refractivity contribution in [1.82, 2.24) is 9.62 Å². The molecule has 1 aliphatic heterocycles. The Bertz CT molecular complexity index is 554. The van der Waals surface area contributed by atoms with E-state index in [0.29, 0.717) is 11.4 Å². The van der Waals surface area contributed by atoms with Crippen LogP contribution in [0.15, 0.2) is 24.3 Å². The van der Waals surface area contributed by atoms with Gasteiger partial charge in [0, 0.05) is 17.8 Å². The number of benzene rings is 1. The predicted molar refractivity (Wildman–Crippen MR) is 83.8 cm³/mol. The molecule has 0 bridgehead atoms. The molecule has 7 heteroatoms. The summed E-state index contributed by atoms with van der Waals surface area (Å²) in [5.41, 5.74) is 6.23. The first kappa shape index (κ1) is 16.1. The number of nitrogens with one attached hydrogen (secondary N) is 1. The zero-order chi connectivity index (χ0) is 15.3.